The Morgan fingerprint density at radius 2 is 2.11 bits per heavy atom. The summed E-state index contributed by atoms with van der Waals surface area (Å²) in [6.45, 7) is 2.76. The first-order valence-corrected chi connectivity index (χ1v) is 3.72. The average molecular weight is 128 g/mol. The van der Waals surface area contributed by atoms with Crippen molar-refractivity contribution in [1.82, 2.24) is 0 Å². The standard InChI is InChI=1S/C7H16N2/c1-2-7(9,5-8)6-3-4-6/h6H,2-5,8-9H2,1H3. The van der Waals surface area contributed by atoms with Crippen LogP contribution in [0.2, 0.25) is 0 Å². The van der Waals surface area contributed by atoms with Gasteiger partial charge in [0.15, 0.2) is 0 Å². The molecule has 0 saturated heterocycles. The van der Waals surface area contributed by atoms with E-state index in [2.05, 4.69) is 6.92 Å². The van der Waals surface area contributed by atoms with Crippen molar-refractivity contribution < 1.29 is 0 Å². The van der Waals surface area contributed by atoms with Gasteiger partial charge in [0, 0.05) is 12.1 Å². The van der Waals surface area contributed by atoms with Crippen molar-refractivity contribution >= 4 is 0 Å². The molecule has 1 unspecified atom stereocenters. The summed E-state index contributed by atoms with van der Waals surface area (Å²) in [6, 6.07) is 0. The van der Waals surface area contributed by atoms with Crippen molar-refractivity contribution in [3.05, 3.63) is 0 Å². The number of hydrogen-bond acceptors (Lipinski definition) is 2. The molecular weight excluding hydrogens is 112 g/mol. The van der Waals surface area contributed by atoms with Crippen LogP contribution in [0.1, 0.15) is 26.2 Å². The summed E-state index contributed by atoms with van der Waals surface area (Å²) in [6.07, 6.45) is 3.61. The zero-order valence-corrected chi connectivity index (χ0v) is 6.06. The van der Waals surface area contributed by atoms with Gasteiger partial charge in [0.1, 0.15) is 0 Å². The van der Waals surface area contributed by atoms with Crippen LogP contribution in [-0.4, -0.2) is 12.1 Å². The third-order valence-electron chi connectivity index (χ3n) is 2.43. The summed E-state index contributed by atoms with van der Waals surface area (Å²) in [4.78, 5) is 0. The Hall–Kier alpha value is -0.0800. The molecule has 0 aliphatic heterocycles. The molecule has 0 aromatic carbocycles. The molecule has 2 nitrogen and oxygen atoms in total. The van der Waals surface area contributed by atoms with Crippen LogP contribution in [0.3, 0.4) is 0 Å². The fourth-order valence-corrected chi connectivity index (χ4v) is 1.26. The van der Waals surface area contributed by atoms with E-state index in [0.717, 1.165) is 12.3 Å². The van der Waals surface area contributed by atoms with Gasteiger partial charge in [0.25, 0.3) is 0 Å². The normalized spacial score (nSPS) is 25.7. The summed E-state index contributed by atoms with van der Waals surface area (Å²) in [5.74, 6) is 0.729. The molecule has 1 aliphatic rings. The van der Waals surface area contributed by atoms with Gasteiger partial charge in [-0.25, -0.2) is 0 Å². The van der Waals surface area contributed by atoms with E-state index in [4.69, 9.17) is 11.5 Å². The Balaban J connectivity index is 2.43. The summed E-state index contributed by atoms with van der Waals surface area (Å²) in [5, 5.41) is 0. The zero-order valence-electron chi connectivity index (χ0n) is 6.06. The van der Waals surface area contributed by atoms with Crippen LogP contribution in [0.15, 0.2) is 0 Å². The topological polar surface area (TPSA) is 52.0 Å². The Kier molecular flexibility index (Phi) is 1.78. The second kappa shape index (κ2) is 2.27. The maximum atomic E-state index is 5.98. The molecule has 0 radical (unpaired) electrons. The molecule has 0 aromatic rings. The monoisotopic (exact) mass is 128 g/mol. The highest BCUT2D eigenvalue weighted by molar-refractivity contribution is 4.98. The molecule has 1 aliphatic carbocycles. The number of nitrogens with two attached hydrogens (primary N) is 2. The summed E-state index contributed by atoms with van der Waals surface area (Å²) >= 11 is 0. The van der Waals surface area contributed by atoms with Gasteiger partial charge in [-0.2, -0.15) is 0 Å². The van der Waals surface area contributed by atoms with E-state index >= 15 is 0 Å². The Bertz CT molecular complexity index is 93.1. The maximum absolute atomic E-state index is 5.98. The summed E-state index contributed by atoms with van der Waals surface area (Å²) in [5.41, 5.74) is 11.5. The lowest BCUT2D eigenvalue weighted by Crippen LogP contribution is -2.48. The first-order valence-electron chi connectivity index (χ1n) is 3.72. The summed E-state index contributed by atoms with van der Waals surface area (Å²) in [7, 11) is 0. The van der Waals surface area contributed by atoms with E-state index < -0.39 is 0 Å². The van der Waals surface area contributed by atoms with Gasteiger partial charge in [-0.15, -0.1) is 0 Å². The second-order valence-electron chi connectivity index (χ2n) is 3.07. The minimum atomic E-state index is -0.0278. The van der Waals surface area contributed by atoms with Gasteiger partial charge in [-0.3, -0.25) is 0 Å². The highest BCUT2D eigenvalue weighted by Crippen LogP contribution is 2.39. The quantitative estimate of drug-likeness (QED) is 0.580. The summed E-state index contributed by atoms with van der Waals surface area (Å²) < 4.78 is 0. The van der Waals surface area contributed by atoms with Gasteiger partial charge in [-0.1, -0.05) is 6.92 Å². The minimum absolute atomic E-state index is 0.0278. The third-order valence-corrected chi connectivity index (χ3v) is 2.43. The van der Waals surface area contributed by atoms with Crippen LogP contribution in [0, 0.1) is 5.92 Å². The smallest absolute Gasteiger partial charge is 0.0304 e. The molecule has 1 saturated carbocycles. The lowest BCUT2D eigenvalue weighted by Gasteiger charge is -2.25. The molecule has 1 rings (SSSR count). The van der Waals surface area contributed by atoms with Crippen molar-refractivity contribution in [2.45, 2.75) is 31.7 Å². The Labute approximate surface area is 56.6 Å². The van der Waals surface area contributed by atoms with E-state index in [1.54, 1.807) is 0 Å². The van der Waals surface area contributed by atoms with Crippen molar-refractivity contribution in [3.63, 3.8) is 0 Å². The van der Waals surface area contributed by atoms with Crippen LogP contribution in [-0.2, 0) is 0 Å². The Morgan fingerprint density at radius 3 is 2.22 bits per heavy atom. The van der Waals surface area contributed by atoms with Crippen LogP contribution in [0.5, 0.6) is 0 Å². The minimum Gasteiger partial charge on any atom is -0.329 e. The highest BCUT2D eigenvalue weighted by atomic mass is 14.8. The predicted octanol–water partition coefficient (Wildman–Crippen LogP) is 0.463. The van der Waals surface area contributed by atoms with Crippen LogP contribution in [0.4, 0.5) is 0 Å². The van der Waals surface area contributed by atoms with E-state index in [9.17, 15) is 0 Å². The van der Waals surface area contributed by atoms with Crippen molar-refractivity contribution in [2.24, 2.45) is 17.4 Å². The van der Waals surface area contributed by atoms with Crippen LogP contribution in [0.25, 0.3) is 0 Å². The van der Waals surface area contributed by atoms with Crippen molar-refractivity contribution in [2.75, 3.05) is 6.54 Å². The van der Waals surface area contributed by atoms with E-state index in [0.29, 0.717) is 6.54 Å². The molecule has 0 aromatic heterocycles. The van der Waals surface area contributed by atoms with Gasteiger partial charge < -0.3 is 11.5 Å². The van der Waals surface area contributed by atoms with Crippen molar-refractivity contribution in [3.8, 4) is 0 Å². The molecule has 0 spiro atoms. The molecular formula is C7H16N2. The Morgan fingerprint density at radius 1 is 1.56 bits per heavy atom. The molecule has 0 bridgehead atoms. The molecule has 1 atom stereocenters. The molecule has 0 amide bonds. The maximum Gasteiger partial charge on any atom is 0.0304 e. The fourth-order valence-electron chi connectivity index (χ4n) is 1.26. The van der Waals surface area contributed by atoms with Crippen LogP contribution < -0.4 is 11.5 Å². The lowest BCUT2D eigenvalue weighted by molar-refractivity contribution is 0.368. The van der Waals surface area contributed by atoms with Crippen LogP contribution >= 0.6 is 0 Å². The number of rotatable bonds is 3. The first-order chi connectivity index (χ1) is 4.23. The molecule has 54 valence electrons. The van der Waals surface area contributed by atoms with Gasteiger partial charge in [-0.05, 0) is 25.2 Å². The molecule has 1 fully saturated rings. The lowest BCUT2D eigenvalue weighted by atomic mass is 9.92. The van der Waals surface area contributed by atoms with Gasteiger partial charge in [0.2, 0.25) is 0 Å². The second-order valence-corrected chi connectivity index (χ2v) is 3.07. The average Bonchev–Trinajstić information content (AvgIpc) is 2.68. The highest BCUT2D eigenvalue weighted by Gasteiger charge is 2.39. The molecule has 0 heterocycles. The molecule has 2 heteroatoms. The van der Waals surface area contributed by atoms with E-state index in [-0.39, 0.29) is 5.54 Å². The van der Waals surface area contributed by atoms with Gasteiger partial charge >= 0.3 is 0 Å². The largest absolute Gasteiger partial charge is 0.329 e. The van der Waals surface area contributed by atoms with Crippen molar-refractivity contribution in [1.29, 1.82) is 0 Å². The molecule has 4 N–H and O–H groups in total. The molecule has 9 heavy (non-hydrogen) atoms. The van der Waals surface area contributed by atoms with E-state index in [1.807, 2.05) is 0 Å². The fraction of sp³-hybridized carbons (Fsp3) is 1.00. The van der Waals surface area contributed by atoms with E-state index in [1.165, 1.54) is 12.8 Å². The zero-order chi connectivity index (χ0) is 6.91. The SMILES string of the molecule is CCC(N)(CN)C1CC1. The first kappa shape index (κ1) is 7.03. The number of hydrogen-bond donors (Lipinski definition) is 2. The van der Waals surface area contributed by atoms with Gasteiger partial charge in [0.05, 0.1) is 0 Å². The predicted molar refractivity (Wildman–Crippen MR) is 39.0 cm³/mol. The third kappa shape index (κ3) is 1.25.